The van der Waals surface area contributed by atoms with E-state index in [4.69, 9.17) is 9.29 Å². The molecule has 4 nitrogen and oxygen atoms in total. The van der Waals surface area contributed by atoms with Gasteiger partial charge in [0.1, 0.15) is 5.75 Å². The summed E-state index contributed by atoms with van der Waals surface area (Å²) in [7, 11) is -3.96. The van der Waals surface area contributed by atoms with Gasteiger partial charge in [-0.15, -0.1) is 0 Å². The third-order valence-corrected chi connectivity index (χ3v) is 7.11. The maximum absolute atomic E-state index is 11.1. The number of hydrogen-bond donors (Lipinski definition) is 1. The van der Waals surface area contributed by atoms with E-state index in [1.807, 2.05) is 6.92 Å². The van der Waals surface area contributed by atoms with Crippen molar-refractivity contribution in [3.63, 3.8) is 0 Å². The summed E-state index contributed by atoms with van der Waals surface area (Å²) in [6.07, 6.45) is 20.1. The minimum Gasteiger partial charge on any atom is -0.490 e. The molecule has 0 spiro atoms. The second kappa shape index (κ2) is 18.3. The molecule has 0 fully saturated rings. The van der Waals surface area contributed by atoms with Gasteiger partial charge in [-0.25, -0.2) is 0 Å². The van der Waals surface area contributed by atoms with Gasteiger partial charge in [-0.3, -0.25) is 4.55 Å². The number of unbranched alkanes of at least 4 members (excludes halogenated alkanes) is 12. The van der Waals surface area contributed by atoms with Crippen LogP contribution in [-0.4, -0.2) is 24.8 Å². The fourth-order valence-corrected chi connectivity index (χ4v) is 4.85. The normalized spacial score (nSPS) is 12.7. The van der Waals surface area contributed by atoms with Crippen molar-refractivity contribution in [1.82, 2.24) is 0 Å². The van der Waals surface area contributed by atoms with Crippen LogP contribution in [0.3, 0.4) is 0 Å². The fraction of sp³-hybridized carbons (Fsp3) is 0.786. The van der Waals surface area contributed by atoms with Crippen LogP contribution in [-0.2, 0) is 23.0 Å². The van der Waals surface area contributed by atoms with E-state index in [0.717, 1.165) is 25.0 Å². The van der Waals surface area contributed by atoms with Crippen molar-refractivity contribution in [2.24, 2.45) is 0 Å². The molecule has 0 saturated heterocycles. The van der Waals surface area contributed by atoms with Crippen LogP contribution in [0.1, 0.15) is 128 Å². The molecule has 1 unspecified atom stereocenters. The van der Waals surface area contributed by atoms with Crippen LogP contribution in [0.5, 0.6) is 5.75 Å². The Morgan fingerprint density at radius 1 is 0.788 bits per heavy atom. The van der Waals surface area contributed by atoms with Crippen molar-refractivity contribution in [2.45, 2.75) is 136 Å². The molecule has 0 heterocycles. The van der Waals surface area contributed by atoms with Crippen LogP contribution >= 0.6 is 0 Å². The highest BCUT2D eigenvalue weighted by molar-refractivity contribution is 7.85. The average molecular weight is 483 g/mol. The van der Waals surface area contributed by atoms with Crippen LogP contribution in [0.2, 0.25) is 0 Å². The SMILES string of the molecule is CCCCCCCCCc1ccc(CCCCCCCCC)c(OC(C)CCS(=O)(=O)O)c1. The van der Waals surface area contributed by atoms with Crippen molar-refractivity contribution < 1.29 is 17.7 Å². The summed E-state index contributed by atoms with van der Waals surface area (Å²) in [4.78, 5) is 0. The number of rotatable bonds is 21. The molecule has 192 valence electrons. The van der Waals surface area contributed by atoms with E-state index in [0.29, 0.717) is 0 Å². The molecule has 0 amide bonds. The number of aryl methyl sites for hydroxylation is 2. The van der Waals surface area contributed by atoms with Crippen LogP contribution in [0.15, 0.2) is 18.2 Å². The Balaban J connectivity index is 2.61. The van der Waals surface area contributed by atoms with E-state index in [1.54, 1.807) is 0 Å². The lowest BCUT2D eigenvalue weighted by molar-refractivity contribution is 0.214. The van der Waals surface area contributed by atoms with Gasteiger partial charge in [0.15, 0.2) is 0 Å². The number of ether oxygens (including phenoxy) is 1. The van der Waals surface area contributed by atoms with Crippen molar-refractivity contribution in [1.29, 1.82) is 0 Å². The maximum Gasteiger partial charge on any atom is 0.264 e. The lowest BCUT2D eigenvalue weighted by Gasteiger charge is -2.18. The molecule has 33 heavy (non-hydrogen) atoms. The first kappa shape index (κ1) is 30.0. The van der Waals surface area contributed by atoms with Gasteiger partial charge in [0.2, 0.25) is 0 Å². The molecule has 1 atom stereocenters. The largest absolute Gasteiger partial charge is 0.490 e. The molecule has 1 rings (SSSR count). The van der Waals surface area contributed by atoms with Gasteiger partial charge >= 0.3 is 0 Å². The van der Waals surface area contributed by atoms with E-state index < -0.39 is 10.1 Å². The predicted molar refractivity (Wildman–Crippen MR) is 141 cm³/mol. The first-order valence-electron chi connectivity index (χ1n) is 13.6. The molecule has 0 aliphatic rings. The highest BCUT2D eigenvalue weighted by Crippen LogP contribution is 2.26. The van der Waals surface area contributed by atoms with Crippen LogP contribution in [0.25, 0.3) is 0 Å². The quantitative estimate of drug-likeness (QED) is 0.141. The monoisotopic (exact) mass is 482 g/mol. The average Bonchev–Trinajstić information content (AvgIpc) is 2.77. The summed E-state index contributed by atoms with van der Waals surface area (Å²) in [5.74, 6) is 0.628. The third-order valence-electron chi connectivity index (χ3n) is 6.36. The second-order valence-corrected chi connectivity index (χ2v) is 11.3. The van der Waals surface area contributed by atoms with E-state index >= 15 is 0 Å². The fourth-order valence-electron chi connectivity index (χ4n) is 4.22. The topological polar surface area (TPSA) is 63.6 Å². The highest BCUT2D eigenvalue weighted by Gasteiger charge is 2.13. The van der Waals surface area contributed by atoms with E-state index in [1.165, 1.54) is 94.6 Å². The summed E-state index contributed by atoms with van der Waals surface area (Å²) < 4.78 is 37.5. The van der Waals surface area contributed by atoms with Gasteiger partial charge in [0.05, 0.1) is 11.9 Å². The minimum absolute atomic E-state index is 0.256. The zero-order valence-corrected chi connectivity index (χ0v) is 22.4. The van der Waals surface area contributed by atoms with E-state index in [9.17, 15) is 8.42 Å². The van der Waals surface area contributed by atoms with Gasteiger partial charge in [-0.05, 0) is 49.8 Å². The summed E-state index contributed by atoms with van der Waals surface area (Å²) in [5, 5.41) is 0. The molecule has 0 bridgehead atoms. The van der Waals surface area contributed by atoms with Crippen molar-refractivity contribution in [3.8, 4) is 5.75 Å². The van der Waals surface area contributed by atoms with Crippen molar-refractivity contribution in [2.75, 3.05) is 5.75 Å². The molecule has 0 aliphatic carbocycles. The first-order chi connectivity index (χ1) is 15.9. The van der Waals surface area contributed by atoms with Crippen molar-refractivity contribution in [3.05, 3.63) is 29.3 Å². The smallest absolute Gasteiger partial charge is 0.264 e. The lowest BCUT2D eigenvalue weighted by atomic mass is 9.99. The van der Waals surface area contributed by atoms with Crippen molar-refractivity contribution >= 4 is 10.1 Å². The molecule has 1 N–H and O–H groups in total. The standard InChI is InChI=1S/C28H50O4S/c1-4-6-8-10-12-14-16-18-26-20-21-27(19-17-15-13-11-9-7-5-2)28(24-26)32-25(3)22-23-33(29,30)31/h20-21,24-25H,4-19,22-23H2,1-3H3,(H,29,30,31). The first-order valence-corrected chi connectivity index (χ1v) is 15.2. The Morgan fingerprint density at radius 3 is 1.85 bits per heavy atom. The maximum atomic E-state index is 11.1. The van der Waals surface area contributed by atoms with Gasteiger partial charge in [0.25, 0.3) is 10.1 Å². The molecule has 0 aromatic heterocycles. The zero-order chi connectivity index (χ0) is 24.4. The van der Waals surface area contributed by atoms with Crippen LogP contribution < -0.4 is 4.74 Å². The summed E-state index contributed by atoms with van der Waals surface area (Å²) >= 11 is 0. The molecule has 5 heteroatoms. The molecule has 0 aliphatic heterocycles. The Bertz CT molecular complexity index is 715. The van der Waals surface area contributed by atoms with Gasteiger partial charge in [-0.2, -0.15) is 8.42 Å². The zero-order valence-electron chi connectivity index (χ0n) is 21.6. The molecular weight excluding hydrogens is 432 g/mol. The predicted octanol–water partition coefficient (Wildman–Crippen LogP) is 8.32. The minimum atomic E-state index is -3.96. The highest BCUT2D eigenvalue weighted by atomic mass is 32.2. The van der Waals surface area contributed by atoms with E-state index in [-0.39, 0.29) is 18.3 Å². The second-order valence-electron chi connectivity index (χ2n) is 9.69. The lowest BCUT2D eigenvalue weighted by Crippen LogP contribution is -2.18. The molecule has 0 radical (unpaired) electrons. The van der Waals surface area contributed by atoms with E-state index in [2.05, 4.69) is 32.0 Å². The molecule has 1 aromatic rings. The number of benzene rings is 1. The summed E-state index contributed by atoms with van der Waals surface area (Å²) in [6.45, 7) is 6.38. The Labute approximate surface area is 204 Å². The van der Waals surface area contributed by atoms with Crippen LogP contribution in [0.4, 0.5) is 0 Å². The molecular formula is C28H50O4S. The summed E-state index contributed by atoms with van der Waals surface area (Å²) in [6, 6.07) is 6.61. The molecule has 1 aromatic carbocycles. The van der Waals surface area contributed by atoms with Gasteiger partial charge < -0.3 is 4.74 Å². The number of hydrogen-bond acceptors (Lipinski definition) is 3. The van der Waals surface area contributed by atoms with Gasteiger partial charge in [0, 0.05) is 6.42 Å². The summed E-state index contributed by atoms with van der Waals surface area (Å²) in [5.41, 5.74) is 2.51. The Morgan fingerprint density at radius 2 is 1.30 bits per heavy atom. The van der Waals surface area contributed by atoms with Crippen LogP contribution in [0, 0.1) is 0 Å². The Kier molecular flexibility index (Phi) is 16.6. The third kappa shape index (κ3) is 16.2. The van der Waals surface area contributed by atoms with Gasteiger partial charge in [-0.1, -0.05) is 103 Å². The Hall–Kier alpha value is -1.07. The molecule has 0 saturated carbocycles.